The Bertz CT molecular complexity index is 192. The molecular formula is C11H19Cl2N. The van der Waals surface area contributed by atoms with E-state index < -0.39 is 0 Å². The third-order valence-corrected chi connectivity index (χ3v) is 3.51. The van der Waals surface area contributed by atoms with Gasteiger partial charge in [0, 0.05) is 17.1 Å². The lowest BCUT2D eigenvalue weighted by Crippen LogP contribution is -2.27. The van der Waals surface area contributed by atoms with E-state index in [1.807, 2.05) is 0 Å². The topological polar surface area (TPSA) is 12.0 Å². The molecule has 3 heteroatoms. The Kier molecular flexibility index (Phi) is 5.92. The molecule has 2 atom stereocenters. The van der Waals surface area contributed by atoms with Gasteiger partial charge in [-0.2, -0.15) is 0 Å². The van der Waals surface area contributed by atoms with Crippen LogP contribution in [0.1, 0.15) is 32.6 Å². The zero-order valence-corrected chi connectivity index (χ0v) is 10.2. The van der Waals surface area contributed by atoms with Crippen molar-refractivity contribution in [2.24, 2.45) is 11.8 Å². The van der Waals surface area contributed by atoms with Crippen LogP contribution < -0.4 is 5.32 Å². The summed E-state index contributed by atoms with van der Waals surface area (Å²) in [6.07, 6.45) is 5.50. The molecule has 82 valence electrons. The van der Waals surface area contributed by atoms with Crippen molar-refractivity contribution in [3.63, 3.8) is 0 Å². The Labute approximate surface area is 96.8 Å². The van der Waals surface area contributed by atoms with E-state index in [1.54, 1.807) is 0 Å². The lowest BCUT2D eigenvalue weighted by Gasteiger charge is -2.26. The second-order valence-electron chi connectivity index (χ2n) is 4.32. The summed E-state index contributed by atoms with van der Waals surface area (Å²) < 4.78 is 0. The molecule has 2 unspecified atom stereocenters. The number of rotatable bonds is 4. The second-order valence-corrected chi connectivity index (χ2v) is 5.03. The van der Waals surface area contributed by atoms with Crippen molar-refractivity contribution >= 4 is 23.2 Å². The first-order chi connectivity index (χ1) is 6.72. The number of hydrogen-bond donors (Lipinski definition) is 1. The van der Waals surface area contributed by atoms with Crippen molar-refractivity contribution in [1.82, 2.24) is 5.32 Å². The molecule has 1 N–H and O–H groups in total. The van der Waals surface area contributed by atoms with Gasteiger partial charge >= 0.3 is 0 Å². The molecule has 0 amide bonds. The van der Waals surface area contributed by atoms with E-state index in [-0.39, 0.29) is 0 Å². The predicted octanol–water partition coefficient (Wildman–Crippen LogP) is 3.72. The molecule has 0 aromatic carbocycles. The van der Waals surface area contributed by atoms with Gasteiger partial charge in [-0.1, -0.05) is 43.0 Å². The van der Waals surface area contributed by atoms with Crippen LogP contribution >= 0.6 is 23.2 Å². The monoisotopic (exact) mass is 235 g/mol. The maximum absolute atomic E-state index is 5.78. The summed E-state index contributed by atoms with van der Waals surface area (Å²) in [5, 5.41) is 4.03. The highest BCUT2D eigenvalue weighted by Crippen LogP contribution is 2.27. The Morgan fingerprint density at radius 2 is 2.29 bits per heavy atom. The summed E-state index contributed by atoms with van der Waals surface area (Å²) in [6, 6.07) is 0. The molecule has 1 nitrogen and oxygen atoms in total. The summed E-state index contributed by atoms with van der Waals surface area (Å²) in [5.41, 5.74) is 1.43. The molecule has 0 spiro atoms. The zero-order chi connectivity index (χ0) is 10.4. The first-order valence-electron chi connectivity index (χ1n) is 5.38. The molecule has 0 heterocycles. The van der Waals surface area contributed by atoms with Crippen molar-refractivity contribution in [2.75, 3.05) is 13.1 Å². The van der Waals surface area contributed by atoms with Crippen LogP contribution in [0.3, 0.4) is 0 Å². The molecule has 14 heavy (non-hydrogen) atoms. The molecule has 1 aliphatic carbocycles. The van der Waals surface area contributed by atoms with Gasteiger partial charge in [0.25, 0.3) is 0 Å². The Hall–Kier alpha value is 0.280. The summed E-state index contributed by atoms with van der Waals surface area (Å²) in [6.45, 7) is 4.12. The first-order valence-corrected chi connectivity index (χ1v) is 6.19. The molecule has 0 bridgehead atoms. The molecule has 0 aromatic heterocycles. The molecule has 1 rings (SSSR count). The van der Waals surface area contributed by atoms with Gasteiger partial charge in [0.05, 0.1) is 0 Å². The largest absolute Gasteiger partial charge is 0.311 e. The van der Waals surface area contributed by atoms with Gasteiger partial charge in [-0.15, -0.1) is 0 Å². The van der Waals surface area contributed by atoms with E-state index in [9.17, 15) is 0 Å². The lowest BCUT2D eigenvalue weighted by molar-refractivity contribution is 0.276. The third-order valence-electron chi connectivity index (χ3n) is 2.89. The van der Waals surface area contributed by atoms with Crippen LogP contribution in [0.5, 0.6) is 0 Å². The summed E-state index contributed by atoms with van der Waals surface area (Å²) >= 11 is 11.2. The minimum Gasteiger partial charge on any atom is -0.311 e. The Morgan fingerprint density at radius 1 is 1.50 bits per heavy atom. The van der Waals surface area contributed by atoms with Crippen LogP contribution in [0, 0.1) is 11.8 Å². The molecular weight excluding hydrogens is 217 g/mol. The van der Waals surface area contributed by atoms with Gasteiger partial charge in [-0.05, 0) is 31.2 Å². The molecule has 0 aliphatic heterocycles. The van der Waals surface area contributed by atoms with Gasteiger partial charge in [0.15, 0.2) is 0 Å². The average Bonchev–Trinajstić information content (AvgIpc) is 2.17. The smallest absolute Gasteiger partial charge is 0.0431 e. The van der Waals surface area contributed by atoms with Crippen LogP contribution in [-0.4, -0.2) is 13.1 Å². The minimum atomic E-state index is 0.690. The van der Waals surface area contributed by atoms with Gasteiger partial charge in [-0.25, -0.2) is 0 Å². The van der Waals surface area contributed by atoms with Crippen molar-refractivity contribution in [3.8, 4) is 0 Å². The maximum Gasteiger partial charge on any atom is 0.0431 e. The van der Waals surface area contributed by atoms with Crippen molar-refractivity contribution in [1.29, 1.82) is 0 Å². The second kappa shape index (κ2) is 6.71. The standard InChI is InChI=1S/C11H19Cl2N/c1-9-3-2-4-10(5-9)7-14-8-11(13)6-12/h6,9-10,14H,2-5,7-8H2,1H3. The highest BCUT2D eigenvalue weighted by molar-refractivity contribution is 6.36. The highest BCUT2D eigenvalue weighted by Gasteiger charge is 2.17. The summed E-state index contributed by atoms with van der Waals surface area (Å²) in [4.78, 5) is 0. The van der Waals surface area contributed by atoms with Crippen LogP contribution in [0.4, 0.5) is 0 Å². The van der Waals surface area contributed by atoms with E-state index in [1.165, 1.54) is 31.2 Å². The minimum absolute atomic E-state index is 0.690. The van der Waals surface area contributed by atoms with Crippen molar-refractivity contribution in [2.45, 2.75) is 32.6 Å². The summed E-state index contributed by atoms with van der Waals surface area (Å²) in [5.74, 6) is 1.73. The Balaban J connectivity index is 2.11. The fraction of sp³-hybridized carbons (Fsp3) is 0.818. The summed E-state index contributed by atoms with van der Waals surface area (Å²) in [7, 11) is 0. The van der Waals surface area contributed by atoms with E-state index in [2.05, 4.69) is 12.2 Å². The fourth-order valence-electron chi connectivity index (χ4n) is 2.18. The first kappa shape index (κ1) is 12.4. The maximum atomic E-state index is 5.78. The molecule has 0 aromatic rings. The molecule has 0 radical (unpaired) electrons. The van der Waals surface area contributed by atoms with E-state index in [0.717, 1.165) is 18.4 Å². The molecule has 0 saturated heterocycles. The molecule has 1 fully saturated rings. The van der Waals surface area contributed by atoms with Gasteiger partial charge in [0.2, 0.25) is 0 Å². The Morgan fingerprint density at radius 3 is 2.93 bits per heavy atom. The van der Waals surface area contributed by atoms with Gasteiger partial charge < -0.3 is 5.32 Å². The number of nitrogens with one attached hydrogen (secondary N) is 1. The van der Waals surface area contributed by atoms with E-state index >= 15 is 0 Å². The van der Waals surface area contributed by atoms with Gasteiger partial charge in [-0.3, -0.25) is 0 Å². The molecule has 1 saturated carbocycles. The van der Waals surface area contributed by atoms with E-state index in [4.69, 9.17) is 23.2 Å². The van der Waals surface area contributed by atoms with Crippen LogP contribution in [0.15, 0.2) is 10.6 Å². The lowest BCUT2D eigenvalue weighted by atomic mass is 9.82. The van der Waals surface area contributed by atoms with Crippen molar-refractivity contribution < 1.29 is 0 Å². The highest BCUT2D eigenvalue weighted by atomic mass is 35.5. The predicted molar refractivity (Wildman–Crippen MR) is 63.8 cm³/mol. The average molecular weight is 236 g/mol. The third kappa shape index (κ3) is 4.68. The number of halogens is 2. The normalized spacial score (nSPS) is 29.2. The van der Waals surface area contributed by atoms with Crippen LogP contribution in [0.25, 0.3) is 0 Å². The van der Waals surface area contributed by atoms with Gasteiger partial charge in [0.1, 0.15) is 0 Å². The quantitative estimate of drug-likeness (QED) is 0.784. The zero-order valence-electron chi connectivity index (χ0n) is 8.73. The van der Waals surface area contributed by atoms with Crippen molar-refractivity contribution in [3.05, 3.63) is 10.6 Å². The number of hydrogen-bond acceptors (Lipinski definition) is 1. The van der Waals surface area contributed by atoms with Crippen LogP contribution in [-0.2, 0) is 0 Å². The fourth-order valence-corrected chi connectivity index (χ4v) is 2.35. The van der Waals surface area contributed by atoms with Crippen LogP contribution in [0.2, 0.25) is 0 Å². The molecule has 1 aliphatic rings. The SMILES string of the molecule is CC1CCCC(CNCC(Cl)=CCl)C1. The van der Waals surface area contributed by atoms with E-state index in [0.29, 0.717) is 11.6 Å².